The summed E-state index contributed by atoms with van der Waals surface area (Å²) in [5.41, 5.74) is 2.19. The number of nitrogens with one attached hydrogen (secondary N) is 2. The number of aliphatic hydroxyl groups excluding tert-OH is 1. The number of carbonyl (C=O) groups excluding carboxylic acids is 1. The highest BCUT2D eigenvalue weighted by atomic mass is 16.5. The van der Waals surface area contributed by atoms with Crippen molar-refractivity contribution in [3.8, 4) is 5.75 Å². The number of pyridine rings is 1. The third-order valence-electron chi connectivity index (χ3n) is 7.77. The molecule has 8 nitrogen and oxygen atoms in total. The van der Waals surface area contributed by atoms with Crippen molar-refractivity contribution in [3.63, 3.8) is 0 Å². The van der Waals surface area contributed by atoms with Gasteiger partial charge >= 0.3 is 0 Å². The molecule has 8 heteroatoms. The van der Waals surface area contributed by atoms with Crippen LogP contribution >= 0.6 is 0 Å². The van der Waals surface area contributed by atoms with Gasteiger partial charge in [-0.15, -0.1) is 6.58 Å². The number of aromatic nitrogens is 1. The van der Waals surface area contributed by atoms with Gasteiger partial charge in [-0.05, 0) is 56.4 Å². The number of hydrogen-bond acceptors (Lipinski definition) is 7. The molecule has 1 saturated carbocycles. The first-order valence-corrected chi connectivity index (χ1v) is 13.9. The molecule has 0 unspecified atom stereocenters. The molecule has 3 N–H and O–H groups in total. The number of amides is 1. The van der Waals surface area contributed by atoms with Crippen LogP contribution in [0.5, 0.6) is 5.75 Å². The Morgan fingerprint density at radius 2 is 2.08 bits per heavy atom. The predicted octanol–water partition coefficient (Wildman–Crippen LogP) is 3.67. The van der Waals surface area contributed by atoms with Crippen molar-refractivity contribution in [1.82, 2.24) is 15.6 Å². The molecule has 0 aromatic carbocycles. The highest BCUT2D eigenvalue weighted by Crippen LogP contribution is 2.52. The van der Waals surface area contributed by atoms with E-state index in [9.17, 15) is 9.90 Å². The molecule has 1 aromatic heterocycles. The van der Waals surface area contributed by atoms with Gasteiger partial charge in [-0.3, -0.25) is 4.79 Å². The predicted molar refractivity (Wildman–Crippen MR) is 146 cm³/mol. The smallest absolute Gasteiger partial charge is 0.246 e. The molecule has 1 spiro atoms. The van der Waals surface area contributed by atoms with Crippen molar-refractivity contribution in [2.45, 2.75) is 95.9 Å². The summed E-state index contributed by atoms with van der Waals surface area (Å²) in [6.45, 7) is 12.9. The van der Waals surface area contributed by atoms with E-state index in [1.807, 2.05) is 0 Å². The van der Waals surface area contributed by atoms with E-state index in [2.05, 4.69) is 49.0 Å². The van der Waals surface area contributed by atoms with E-state index in [1.165, 1.54) is 26.4 Å². The summed E-state index contributed by atoms with van der Waals surface area (Å²) < 4.78 is 11.7. The summed E-state index contributed by atoms with van der Waals surface area (Å²) in [5, 5.41) is 17.6. The van der Waals surface area contributed by atoms with E-state index in [1.54, 1.807) is 6.08 Å². The van der Waals surface area contributed by atoms with E-state index in [0.717, 1.165) is 61.6 Å². The topological polar surface area (TPSA) is 96.0 Å². The standard InChI is InChI=1S/C29H46N4O4/c1-6-10-22(32-25(35)19-36-5)24(34)18-30-23-17-29(11-9-12-29)37-26-21(23)15-20(16-28(2,3)4)31-27(26)33-13-7-8-14-33/h6,15,22-24,30,34H,1,7-14,16-19H2,2-5H3,(H,32,35)/t22-,23-,24+/m0/s1. The first kappa shape index (κ1) is 27.9. The van der Waals surface area contributed by atoms with E-state index >= 15 is 0 Å². The number of ether oxygens (including phenoxy) is 2. The summed E-state index contributed by atoms with van der Waals surface area (Å²) in [5.74, 6) is 1.67. The molecule has 37 heavy (non-hydrogen) atoms. The SMILES string of the molecule is C=CC[C@H](NC(=O)COC)[C@H](O)CN[C@H]1CC2(CCC2)Oc2c1cc(CC(C)(C)C)nc2N1CCCC1. The van der Waals surface area contributed by atoms with Crippen LogP contribution in [0.4, 0.5) is 5.82 Å². The Balaban J connectivity index is 1.60. The van der Waals surface area contributed by atoms with Crippen LogP contribution < -0.4 is 20.3 Å². The Morgan fingerprint density at radius 1 is 1.35 bits per heavy atom. The molecule has 4 rings (SSSR count). The maximum absolute atomic E-state index is 12.1. The second kappa shape index (κ2) is 11.7. The zero-order valence-corrected chi connectivity index (χ0v) is 23.1. The van der Waals surface area contributed by atoms with Crippen molar-refractivity contribution in [1.29, 1.82) is 0 Å². The molecule has 1 aliphatic carbocycles. The highest BCUT2D eigenvalue weighted by molar-refractivity contribution is 5.77. The number of anilines is 1. The molecule has 1 aromatic rings. The average molecular weight is 515 g/mol. The second-order valence-electron chi connectivity index (χ2n) is 12.3. The Kier molecular flexibility index (Phi) is 8.81. The lowest BCUT2D eigenvalue weighted by Crippen LogP contribution is -2.52. The molecular weight excluding hydrogens is 468 g/mol. The van der Waals surface area contributed by atoms with Gasteiger partial charge in [0.15, 0.2) is 11.6 Å². The van der Waals surface area contributed by atoms with Gasteiger partial charge in [0.25, 0.3) is 0 Å². The second-order valence-corrected chi connectivity index (χ2v) is 12.3. The maximum atomic E-state index is 12.1. The fraction of sp³-hybridized carbons (Fsp3) is 0.724. The lowest BCUT2D eigenvalue weighted by Gasteiger charge is -2.49. The molecule has 3 aliphatic rings. The third kappa shape index (κ3) is 6.84. The Labute approximate surface area is 222 Å². The van der Waals surface area contributed by atoms with Crippen molar-refractivity contribution in [2.24, 2.45) is 5.41 Å². The number of methoxy groups -OCH3 is 1. The van der Waals surface area contributed by atoms with E-state index in [0.29, 0.717) is 13.0 Å². The number of fused-ring (bicyclic) bond motifs is 1. The number of hydrogen-bond donors (Lipinski definition) is 3. The minimum Gasteiger partial charge on any atom is -0.483 e. The Hall–Kier alpha value is -2.16. The van der Waals surface area contributed by atoms with Crippen LogP contribution in [0.1, 0.15) is 83.0 Å². The van der Waals surface area contributed by atoms with E-state index in [4.69, 9.17) is 14.5 Å². The summed E-state index contributed by atoms with van der Waals surface area (Å²) in [6.07, 6.45) is 8.80. The monoisotopic (exact) mass is 514 g/mol. The van der Waals surface area contributed by atoms with E-state index < -0.39 is 12.1 Å². The lowest BCUT2D eigenvalue weighted by molar-refractivity contribution is -0.126. The van der Waals surface area contributed by atoms with Gasteiger partial charge in [-0.1, -0.05) is 26.8 Å². The van der Waals surface area contributed by atoms with Crippen LogP contribution in [0.25, 0.3) is 0 Å². The van der Waals surface area contributed by atoms with Crippen LogP contribution in [0.3, 0.4) is 0 Å². The zero-order chi connectivity index (χ0) is 26.6. The molecule has 0 radical (unpaired) electrons. The summed E-state index contributed by atoms with van der Waals surface area (Å²) in [4.78, 5) is 19.7. The average Bonchev–Trinajstić information content (AvgIpc) is 3.34. The Bertz CT molecular complexity index is 950. The van der Waals surface area contributed by atoms with Crippen molar-refractivity contribution >= 4 is 11.7 Å². The number of rotatable bonds is 11. The zero-order valence-electron chi connectivity index (χ0n) is 23.1. The number of carbonyl (C=O) groups is 1. The molecule has 3 heterocycles. The molecule has 0 bridgehead atoms. The molecule has 1 amide bonds. The molecular formula is C29H46N4O4. The van der Waals surface area contributed by atoms with Gasteiger partial charge in [0.05, 0.1) is 12.1 Å². The van der Waals surface area contributed by atoms with Gasteiger partial charge < -0.3 is 30.1 Å². The quantitative estimate of drug-likeness (QED) is 0.388. The van der Waals surface area contributed by atoms with Gasteiger partial charge in [0, 0.05) is 50.5 Å². The summed E-state index contributed by atoms with van der Waals surface area (Å²) >= 11 is 0. The van der Waals surface area contributed by atoms with Crippen LogP contribution in [0.15, 0.2) is 18.7 Å². The van der Waals surface area contributed by atoms with E-state index in [-0.39, 0.29) is 29.6 Å². The minimum atomic E-state index is -0.767. The van der Waals surface area contributed by atoms with Crippen molar-refractivity contribution in [3.05, 3.63) is 30.0 Å². The van der Waals surface area contributed by atoms with Gasteiger partial charge in [0.2, 0.25) is 5.91 Å². The summed E-state index contributed by atoms with van der Waals surface area (Å²) in [7, 11) is 1.48. The number of nitrogens with zero attached hydrogens (tertiary/aromatic N) is 2. The molecule has 206 valence electrons. The molecule has 3 atom stereocenters. The fourth-order valence-corrected chi connectivity index (χ4v) is 5.81. The van der Waals surface area contributed by atoms with Crippen molar-refractivity contribution in [2.75, 3.05) is 38.3 Å². The minimum absolute atomic E-state index is 0.0352. The third-order valence-corrected chi connectivity index (χ3v) is 7.77. The first-order valence-electron chi connectivity index (χ1n) is 13.9. The van der Waals surface area contributed by atoms with Crippen LogP contribution in [0.2, 0.25) is 0 Å². The molecule has 1 saturated heterocycles. The highest BCUT2D eigenvalue weighted by Gasteiger charge is 2.47. The van der Waals surface area contributed by atoms with Crippen molar-refractivity contribution < 1.29 is 19.4 Å². The van der Waals surface area contributed by atoms with Gasteiger partial charge in [-0.2, -0.15) is 0 Å². The number of aliphatic hydroxyl groups is 1. The summed E-state index contributed by atoms with van der Waals surface area (Å²) in [6, 6.07) is 1.83. The van der Waals surface area contributed by atoms with Gasteiger partial charge in [-0.25, -0.2) is 4.98 Å². The van der Waals surface area contributed by atoms with Crippen LogP contribution in [-0.4, -0.2) is 67.1 Å². The normalized spacial score (nSPS) is 22.1. The molecule has 2 aliphatic heterocycles. The maximum Gasteiger partial charge on any atom is 0.246 e. The van der Waals surface area contributed by atoms with Crippen LogP contribution in [0, 0.1) is 5.41 Å². The first-order chi connectivity index (χ1) is 17.6. The lowest BCUT2D eigenvalue weighted by atomic mass is 9.72. The van der Waals surface area contributed by atoms with Gasteiger partial charge in [0.1, 0.15) is 12.2 Å². The van der Waals surface area contributed by atoms with Crippen LogP contribution in [-0.2, 0) is 16.0 Å². The fourth-order valence-electron chi connectivity index (χ4n) is 5.81. The molecule has 2 fully saturated rings. The Morgan fingerprint density at radius 3 is 2.68 bits per heavy atom. The largest absolute Gasteiger partial charge is 0.483 e.